The molecule has 4 atom stereocenters. The van der Waals surface area contributed by atoms with Crippen molar-refractivity contribution in [2.45, 2.75) is 30.2 Å². The number of hydrogen-bond donors (Lipinski definition) is 4. The van der Waals surface area contributed by atoms with Crippen molar-refractivity contribution < 1.29 is 33.2 Å². The van der Waals surface area contributed by atoms with Gasteiger partial charge >= 0.3 is 5.92 Å². The first-order valence-corrected chi connectivity index (χ1v) is 5.66. The fourth-order valence-electron chi connectivity index (χ4n) is 2.06. The van der Waals surface area contributed by atoms with Crippen LogP contribution < -0.4 is 5.73 Å². The molecule has 1 fully saturated rings. The van der Waals surface area contributed by atoms with E-state index in [2.05, 4.69) is 4.99 Å². The number of alkyl halides is 3. The summed E-state index contributed by atoms with van der Waals surface area (Å²) in [6.07, 6.45) is -4.41. The Labute approximate surface area is 111 Å². The Balaban J connectivity index is 2.32. The number of aliphatic hydroxyl groups excluding tert-OH is 3. The molecule has 0 amide bonds. The first-order valence-electron chi connectivity index (χ1n) is 5.66. The molecule has 114 valence electrons. The molecule has 0 saturated carbocycles. The van der Waals surface area contributed by atoms with E-state index in [1.165, 1.54) is 0 Å². The van der Waals surface area contributed by atoms with E-state index >= 15 is 0 Å². The van der Waals surface area contributed by atoms with Crippen LogP contribution in [0, 0.1) is 0 Å². The molecule has 1 unspecified atom stereocenters. The number of nitrogens with zero attached hydrogens (tertiary/aromatic N) is 2. The minimum absolute atomic E-state index is 0.0884. The van der Waals surface area contributed by atoms with Gasteiger partial charge in [-0.05, 0) is 6.08 Å². The van der Waals surface area contributed by atoms with Gasteiger partial charge in [0.25, 0.3) is 0 Å². The van der Waals surface area contributed by atoms with Gasteiger partial charge in [0.15, 0.2) is 11.7 Å². The molecule has 2 heterocycles. The first-order chi connectivity index (χ1) is 9.28. The van der Waals surface area contributed by atoms with E-state index in [0.717, 1.165) is 12.3 Å². The second-order valence-corrected chi connectivity index (χ2v) is 4.57. The lowest BCUT2D eigenvalue weighted by atomic mass is 9.97. The predicted molar refractivity (Wildman–Crippen MR) is 60.2 cm³/mol. The van der Waals surface area contributed by atoms with E-state index in [9.17, 15) is 23.4 Å². The van der Waals surface area contributed by atoms with Crippen molar-refractivity contribution in [1.29, 1.82) is 0 Å². The molecule has 0 spiro atoms. The van der Waals surface area contributed by atoms with E-state index in [0.29, 0.717) is 4.90 Å². The highest BCUT2D eigenvalue weighted by Crippen LogP contribution is 2.44. The van der Waals surface area contributed by atoms with Crippen molar-refractivity contribution in [3.8, 4) is 0 Å². The van der Waals surface area contributed by atoms with E-state index < -0.39 is 43.5 Å². The van der Waals surface area contributed by atoms with Gasteiger partial charge in [-0.3, -0.25) is 0 Å². The number of ether oxygens (including phenoxy) is 1. The van der Waals surface area contributed by atoms with Crippen LogP contribution >= 0.6 is 0 Å². The van der Waals surface area contributed by atoms with E-state index in [-0.39, 0.29) is 5.84 Å². The average Bonchev–Trinajstić information content (AvgIpc) is 2.60. The minimum atomic E-state index is -3.93. The van der Waals surface area contributed by atoms with Crippen LogP contribution in [0.2, 0.25) is 0 Å². The van der Waals surface area contributed by atoms with Crippen LogP contribution in [-0.4, -0.2) is 69.5 Å². The van der Waals surface area contributed by atoms with Gasteiger partial charge in [-0.25, -0.2) is 9.38 Å². The molecule has 2 aliphatic rings. The topological polar surface area (TPSA) is 112 Å². The highest BCUT2D eigenvalue weighted by atomic mass is 19.3. The molecule has 20 heavy (non-hydrogen) atoms. The number of aliphatic hydroxyl groups is 3. The first kappa shape index (κ1) is 15.0. The largest absolute Gasteiger partial charge is 0.393 e. The number of amidine groups is 1. The summed E-state index contributed by atoms with van der Waals surface area (Å²) in [5.74, 6) is -4.02. The summed E-state index contributed by atoms with van der Waals surface area (Å²) in [6, 6.07) is 0. The van der Waals surface area contributed by atoms with Crippen LogP contribution in [-0.2, 0) is 4.74 Å². The standard InChI is InChI=1S/C10H14F3N3O4/c11-3-9(4-17)6(18)10(12,13)7(20-9)16-2-1-5(14)15-8(16)19/h1-2,6-8,17-19H,3-4H2,(H2,14,15)/t6-,7-,8?,9-/m1/s1. The third-order valence-corrected chi connectivity index (χ3v) is 3.25. The van der Waals surface area contributed by atoms with Gasteiger partial charge in [-0.1, -0.05) is 0 Å². The maximum Gasteiger partial charge on any atom is 0.320 e. The zero-order chi connectivity index (χ0) is 15.1. The van der Waals surface area contributed by atoms with E-state index in [1.807, 2.05) is 0 Å². The quantitative estimate of drug-likeness (QED) is 0.504. The van der Waals surface area contributed by atoms with Crippen LogP contribution in [0.1, 0.15) is 0 Å². The molecule has 1 saturated heterocycles. The normalized spacial score (nSPS) is 40.0. The summed E-state index contributed by atoms with van der Waals surface area (Å²) < 4.78 is 45.7. The SMILES string of the molecule is NC1=NC(O)N([C@@H]2O[C@@](CO)(CF)[C@@H](O)C2(F)F)C=C1. The number of nitrogens with two attached hydrogens (primary N) is 1. The summed E-state index contributed by atoms with van der Waals surface area (Å²) >= 11 is 0. The molecule has 0 bridgehead atoms. The van der Waals surface area contributed by atoms with Crippen LogP contribution in [0.4, 0.5) is 13.2 Å². The summed E-state index contributed by atoms with van der Waals surface area (Å²) in [4.78, 5) is 4.01. The Morgan fingerprint density at radius 1 is 1.45 bits per heavy atom. The Bertz CT molecular complexity index is 441. The average molecular weight is 297 g/mol. The summed E-state index contributed by atoms with van der Waals surface area (Å²) in [5.41, 5.74) is 2.84. The van der Waals surface area contributed by atoms with Gasteiger partial charge < -0.3 is 30.7 Å². The smallest absolute Gasteiger partial charge is 0.320 e. The molecular formula is C10H14F3N3O4. The van der Waals surface area contributed by atoms with Gasteiger partial charge in [0.1, 0.15) is 12.5 Å². The van der Waals surface area contributed by atoms with Crippen LogP contribution in [0.25, 0.3) is 0 Å². The highest BCUT2D eigenvalue weighted by molar-refractivity contribution is 5.91. The van der Waals surface area contributed by atoms with Crippen LogP contribution in [0.5, 0.6) is 0 Å². The van der Waals surface area contributed by atoms with Gasteiger partial charge in [0, 0.05) is 6.20 Å². The molecule has 0 aromatic heterocycles. The van der Waals surface area contributed by atoms with Gasteiger partial charge in [0.05, 0.1) is 6.61 Å². The number of hydrogen-bond acceptors (Lipinski definition) is 7. The fourth-order valence-corrected chi connectivity index (χ4v) is 2.06. The van der Waals surface area contributed by atoms with Crippen molar-refractivity contribution in [2.24, 2.45) is 10.7 Å². The van der Waals surface area contributed by atoms with Crippen molar-refractivity contribution in [3.63, 3.8) is 0 Å². The fraction of sp³-hybridized carbons (Fsp3) is 0.700. The Morgan fingerprint density at radius 2 is 2.10 bits per heavy atom. The number of halogens is 3. The van der Waals surface area contributed by atoms with Crippen molar-refractivity contribution in [2.75, 3.05) is 13.3 Å². The zero-order valence-electron chi connectivity index (χ0n) is 10.2. The molecule has 7 nitrogen and oxygen atoms in total. The summed E-state index contributed by atoms with van der Waals surface area (Å²) in [6.45, 7) is -2.66. The summed E-state index contributed by atoms with van der Waals surface area (Å²) in [7, 11) is 0. The second kappa shape index (κ2) is 4.88. The summed E-state index contributed by atoms with van der Waals surface area (Å²) in [5, 5.41) is 28.2. The lowest BCUT2D eigenvalue weighted by Gasteiger charge is -2.34. The Morgan fingerprint density at radius 3 is 2.55 bits per heavy atom. The van der Waals surface area contributed by atoms with Gasteiger partial charge in [0.2, 0.25) is 12.6 Å². The Kier molecular flexibility index (Phi) is 3.67. The van der Waals surface area contributed by atoms with Crippen LogP contribution in [0.15, 0.2) is 17.3 Å². The highest BCUT2D eigenvalue weighted by Gasteiger charge is 2.68. The lowest BCUT2D eigenvalue weighted by molar-refractivity contribution is -0.195. The molecule has 0 aromatic rings. The predicted octanol–water partition coefficient (Wildman–Crippen LogP) is -1.50. The molecule has 0 radical (unpaired) electrons. The molecular weight excluding hydrogens is 283 g/mol. The third-order valence-electron chi connectivity index (χ3n) is 3.25. The molecule has 10 heteroatoms. The molecule has 2 aliphatic heterocycles. The van der Waals surface area contributed by atoms with E-state index in [4.69, 9.17) is 15.6 Å². The number of aliphatic imine (C=N–C) groups is 1. The Hall–Kier alpha value is -1.36. The molecule has 0 aromatic carbocycles. The number of rotatable bonds is 3. The second-order valence-electron chi connectivity index (χ2n) is 4.57. The van der Waals surface area contributed by atoms with Gasteiger partial charge in [-0.2, -0.15) is 8.78 Å². The molecule has 2 rings (SSSR count). The van der Waals surface area contributed by atoms with Crippen molar-refractivity contribution >= 4 is 5.84 Å². The van der Waals surface area contributed by atoms with E-state index in [1.54, 1.807) is 0 Å². The van der Waals surface area contributed by atoms with Crippen molar-refractivity contribution in [1.82, 2.24) is 4.90 Å². The molecule has 5 N–H and O–H groups in total. The van der Waals surface area contributed by atoms with Crippen molar-refractivity contribution in [3.05, 3.63) is 12.3 Å². The maximum atomic E-state index is 14.0. The third kappa shape index (κ3) is 2.04. The van der Waals surface area contributed by atoms with Crippen LogP contribution in [0.3, 0.4) is 0 Å². The lowest BCUT2D eigenvalue weighted by Crippen LogP contribution is -2.52. The van der Waals surface area contributed by atoms with Gasteiger partial charge in [-0.15, -0.1) is 0 Å². The zero-order valence-corrected chi connectivity index (χ0v) is 10.2. The monoisotopic (exact) mass is 297 g/mol. The molecule has 0 aliphatic carbocycles. The maximum absolute atomic E-state index is 14.0. The minimum Gasteiger partial charge on any atom is -0.393 e.